The number of carboxylic acid groups (broad SMARTS) is 1. The molecular formula is C23H24N4O6S. The summed E-state index contributed by atoms with van der Waals surface area (Å²) < 4.78 is 11.3. The molecule has 0 bridgehead atoms. The highest BCUT2D eigenvalue weighted by molar-refractivity contribution is 8.15. The van der Waals surface area contributed by atoms with Crippen LogP contribution in [0.2, 0.25) is 0 Å². The second kappa shape index (κ2) is 11.8. The third-order valence-corrected chi connectivity index (χ3v) is 5.49. The molecule has 0 spiro atoms. The van der Waals surface area contributed by atoms with Crippen molar-refractivity contribution in [3.63, 3.8) is 0 Å². The molecule has 1 unspecified atom stereocenters. The predicted molar refractivity (Wildman–Crippen MR) is 130 cm³/mol. The minimum atomic E-state index is -1.06. The smallest absolute Gasteiger partial charge is 0.305 e. The van der Waals surface area contributed by atoms with Gasteiger partial charge >= 0.3 is 5.97 Å². The summed E-state index contributed by atoms with van der Waals surface area (Å²) in [5, 5.41) is 21.5. The molecule has 3 N–H and O–H groups in total. The third-order valence-electron chi connectivity index (χ3n) is 4.42. The van der Waals surface area contributed by atoms with E-state index in [0.717, 1.165) is 17.3 Å². The minimum Gasteiger partial charge on any atom is -0.490 e. The first-order chi connectivity index (χ1) is 16.3. The quantitative estimate of drug-likeness (QED) is 0.348. The lowest BCUT2D eigenvalue weighted by Crippen LogP contribution is -2.26. The number of carbonyl (C=O) groups is 3. The van der Waals surface area contributed by atoms with Gasteiger partial charge in [-0.1, -0.05) is 23.9 Å². The van der Waals surface area contributed by atoms with Crippen molar-refractivity contribution in [1.82, 2.24) is 5.32 Å². The zero-order valence-corrected chi connectivity index (χ0v) is 19.4. The average Bonchev–Trinajstić information content (AvgIpc) is 3.11. The number of nitrogens with one attached hydrogen (secondary N) is 2. The Morgan fingerprint density at radius 3 is 2.76 bits per heavy atom. The fourth-order valence-corrected chi connectivity index (χ4v) is 3.86. The number of ether oxygens (including phenoxy) is 2. The highest BCUT2D eigenvalue weighted by Gasteiger charge is 2.32. The van der Waals surface area contributed by atoms with E-state index in [-0.39, 0.29) is 24.1 Å². The Morgan fingerprint density at radius 2 is 2.03 bits per heavy atom. The number of anilines is 1. The average molecular weight is 485 g/mol. The van der Waals surface area contributed by atoms with E-state index in [1.807, 2.05) is 32.0 Å². The number of hydrogen-bond acceptors (Lipinski definition) is 8. The Balaban J connectivity index is 1.60. The number of thioether (sulfide) groups is 1. The van der Waals surface area contributed by atoms with Gasteiger partial charge in [0, 0.05) is 5.69 Å². The molecule has 2 aromatic rings. The van der Waals surface area contributed by atoms with E-state index < -0.39 is 17.1 Å². The van der Waals surface area contributed by atoms with Crippen LogP contribution in [0, 0.1) is 6.92 Å². The first-order valence-electron chi connectivity index (χ1n) is 10.4. The van der Waals surface area contributed by atoms with Gasteiger partial charge in [-0.05, 0) is 55.3 Å². The van der Waals surface area contributed by atoms with E-state index in [4.69, 9.17) is 14.6 Å². The van der Waals surface area contributed by atoms with Crippen molar-refractivity contribution < 1.29 is 29.0 Å². The molecule has 0 aliphatic carbocycles. The zero-order chi connectivity index (χ0) is 24.5. The summed E-state index contributed by atoms with van der Waals surface area (Å²) in [6.45, 7) is 3.97. The summed E-state index contributed by atoms with van der Waals surface area (Å²) in [7, 11) is 0. The largest absolute Gasteiger partial charge is 0.490 e. The number of aliphatic carboxylic acids is 1. The number of aryl methyl sites for hydroxylation is 1. The molecule has 34 heavy (non-hydrogen) atoms. The van der Waals surface area contributed by atoms with E-state index in [9.17, 15) is 14.4 Å². The van der Waals surface area contributed by atoms with Gasteiger partial charge in [-0.15, -0.1) is 5.10 Å². The molecule has 1 aliphatic rings. The molecule has 2 amide bonds. The lowest BCUT2D eigenvalue weighted by atomic mass is 10.2. The van der Waals surface area contributed by atoms with Crippen LogP contribution in [0.5, 0.6) is 11.5 Å². The van der Waals surface area contributed by atoms with Gasteiger partial charge in [-0.3, -0.25) is 14.4 Å². The van der Waals surface area contributed by atoms with Crippen molar-refractivity contribution >= 4 is 46.6 Å². The molecule has 11 heteroatoms. The van der Waals surface area contributed by atoms with E-state index in [1.165, 1.54) is 6.21 Å². The molecule has 3 rings (SSSR count). The lowest BCUT2D eigenvalue weighted by molar-refractivity contribution is -0.138. The van der Waals surface area contributed by atoms with E-state index >= 15 is 0 Å². The van der Waals surface area contributed by atoms with Gasteiger partial charge < -0.3 is 25.2 Å². The SMILES string of the molecule is CCOc1cc(C=NN=C2NC(=O)C(CC(=O)O)S2)ccc1OCC(=O)Nc1cccc(C)c1. The predicted octanol–water partition coefficient (Wildman–Crippen LogP) is 2.81. The van der Waals surface area contributed by atoms with Crippen molar-refractivity contribution in [2.75, 3.05) is 18.5 Å². The van der Waals surface area contributed by atoms with Gasteiger partial charge in [0.2, 0.25) is 5.91 Å². The van der Waals surface area contributed by atoms with Crippen LogP contribution >= 0.6 is 11.8 Å². The molecule has 1 aliphatic heterocycles. The van der Waals surface area contributed by atoms with Crippen molar-refractivity contribution in [1.29, 1.82) is 0 Å². The lowest BCUT2D eigenvalue weighted by Gasteiger charge is -2.12. The summed E-state index contributed by atoms with van der Waals surface area (Å²) in [5.41, 5.74) is 2.38. The van der Waals surface area contributed by atoms with Crippen LogP contribution in [-0.2, 0) is 14.4 Å². The number of amides is 2. The molecule has 1 fully saturated rings. The number of carboxylic acids is 1. The first kappa shape index (κ1) is 24.8. The summed E-state index contributed by atoms with van der Waals surface area (Å²) in [4.78, 5) is 34.8. The van der Waals surface area contributed by atoms with Crippen molar-refractivity contribution in [3.05, 3.63) is 53.6 Å². The Morgan fingerprint density at radius 1 is 1.21 bits per heavy atom. The fourth-order valence-electron chi connectivity index (χ4n) is 2.95. The number of benzene rings is 2. The number of nitrogens with zero attached hydrogens (tertiary/aromatic N) is 2. The maximum Gasteiger partial charge on any atom is 0.305 e. The first-order valence-corrected chi connectivity index (χ1v) is 11.3. The van der Waals surface area contributed by atoms with Crippen LogP contribution in [0.1, 0.15) is 24.5 Å². The summed E-state index contributed by atoms with van der Waals surface area (Å²) in [6.07, 6.45) is 1.17. The van der Waals surface area contributed by atoms with Gasteiger partial charge in [-0.25, -0.2) is 0 Å². The van der Waals surface area contributed by atoms with Gasteiger partial charge in [0.25, 0.3) is 5.91 Å². The minimum absolute atomic E-state index is 0.191. The van der Waals surface area contributed by atoms with Crippen LogP contribution in [0.3, 0.4) is 0 Å². The van der Waals surface area contributed by atoms with Crippen LogP contribution in [0.25, 0.3) is 0 Å². The summed E-state index contributed by atoms with van der Waals surface area (Å²) in [6, 6.07) is 12.5. The maximum atomic E-state index is 12.2. The Bertz CT molecular complexity index is 1130. The summed E-state index contributed by atoms with van der Waals surface area (Å²) >= 11 is 1.02. The molecule has 0 radical (unpaired) electrons. The monoisotopic (exact) mass is 484 g/mol. The Hall–Kier alpha value is -3.86. The van der Waals surface area contributed by atoms with Crippen molar-refractivity contribution in [3.8, 4) is 11.5 Å². The highest BCUT2D eigenvalue weighted by Crippen LogP contribution is 2.28. The van der Waals surface area contributed by atoms with E-state index in [0.29, 0.717) is 29.4 Å². The number of amidine groups is 1. The normalized spacial score (nSPS) is 16.5. The Kier molecular flexibility index (Phi) is 8.63. The molecule has 1 saturated heterocycles. The standard InChI is InChI=1S/C23H24N4O6S/c1-3-32-18-10-15(12-24-27-23-26-22(31)19(34-23)11-21(29)30)7-8-17(18)33-13-20(28)25-16-6-4-5-14(2)9-16/h4-10,12,19H,3,11,13H2,1-2H3,(H,25,28)(H,29,30)(H,26,27,31). The second-order valence-electron chi connectivity index (χ2n) is 7.19. The zero-order valence-electron chi connectivity index (χ0n) is 18.6. The van der Waals surface area contributed by atoms with Gasteiger partial charge in [-0.2, -0.15) is 5.10 Å². The third kappa shape index (κ3) is 7.34. The molecular weight excluding hydrogens is 460 g/mol. The molecule has 0 aromatic heterocycles. The molecule has 1 atom stereocenters. The van der Waals surface area contributed by atoms with Gasteiger partial charge in [0.1, 0.15) is 5.25 Å². The highest BCUT2D eigenvalue weighted by atomic mass is 32.2. The molecule has 10 nitrogen and oxygen atoms in total. The van der Waals surface area contributed by atoms with Crippen molar-refractivity contribution in [2.45, 2.75) is 25.5 Å². The van der Waals surface area contributed by atoms with Crippen LogP contribution in [-0.4, -0.2) is 52.7 Å². The van der Waals surface area contributed by atoms with Crippen LogP contribution in [0.4, 0.5) is 5.69 Å². The number of hydrogen-bond donors (Lipinski definition) is 3. The molecule has 0 saturated carbocycles. The molecule has 178 valence electrons. The topological polar surface area (TPSA) is 139 Å². The van der Waals surface area contributed by atoms with Gasteiger partial charge in [0.15, 0.2) is 23.3 Å². The van der Waals surface area contributed by atoms with E-state index in [1.54, 1.807) is 24.3 Å². The maximum absolute atomic E-state index is 12.2. The molecule has 2 aromatic carbocycles. The van der Waals surface area contributed by atoms with E-state index in [2.05, 4.69) is 20.8 Å². The number of rotatable bonds is 10. The number of carbonyl (C=O) groups excluding carboxylic acids is 2. The molecule has 1 heterocycles. The van der Waals surface area contributed by atoms with Crippen molar-refractivity contribution in [2.24, 2.45) is 10.2 Å². The van der Waals surface area contributed by atoms with Crippen LogP contribution < -0.4 is 20.1 Å². The van der Waals surface area contributed by atoms with Crippen LogP contribution in [0.15, 0.2) is 52.7 Å². The Labute approximate surface area is 200 Å². The second-order valence-corrected chi connectivity index (χ2v) is 8.38. The fraction of sp³-hybridized carbons (Fsp3) is 0.261. The summed E-state index contributed by atoms with van der Waals surface area (Å²) in [5.74, 6) is -0.928. The van der Waals surface area contributed by atoms with Gasteiger partial charge in [0.05, 0.1) is 19.2 Å².